The monoisotopic (exact) mass is 395 g/mol. The Bertz CT molecular complexity index is 1020. The fraction of sp³-hybridized carbons (Fsp3) is 0.150. The molecule has 3 aromatic rings. The van der Waals surface area contributed by atoms with Crippen LogP contribution in [0, 0.1) is 0 Å². The Kier molecular flexibility index (Phi) is 4.99. The van der Waals surface area contributed by atoms with Crippen LogP contribution in [0.3, 0.4) is 0 Å². The smallest absolute Gasteiger partial charge is 0.318 e. The summed E-state index contributed by atoms with van der Waals surface area (Å²) >= 11 is 6.07. The van der Waals surface area contributed by atoms with E-state index >= 15 is 0 Å². The van der Waals surface area contributed by atoms with Gasteiger partial charge in [0.05, 0.1) is 35.6 Å². The fourth-order valence-corrected chi connectivity index (χ4v) is 3.30. The predicted molar refractivity (Wildman–Crippen MR) is 105 cm³/mol. The lowest BCUT2D eigenvalue weighted by Gasteiger charge is -2.17. The lowest BCUT2D eigenvalue weighted by molar-refractivity contribution is 0.100. The maximum atomic E-state index is 12.5. The fourth-order valence-electron chi connectivity index (χ4n) is 3.08. The van der Waals surface area contributed by atoms with Gasteiger partial charge in [0.15, 0.2) is 0 Å². The van der Waals surface area contributed by atoms with Gasteiger partial charge < -0.3 is 10.2 Å². The second kappa shape index (κ2) is 7.74. The van der Waals surface area contributed by atoms with Crippen molar-refractivity contribution in [3.63, 3.8) is 0 Å². The highest BCUT2D eigenvalue weighted by molar-refractivity contribution is 6.34. The van der Waals surface area contributed by atoms with Crippen LogP contribution in [0.5, 0.6) is 0 Å². The summed E-state index contributed by atoms with van der Waals surface area (Å²) in [5.74, 6) is -0.358. The van der Waals surface area contributed by atoms with Crippen LogP contribution in [0.25, 0.3) is 0 Å². The summed E-state index contributed by atoms with van der Waals surface area (Å²) < 4.78 is 0. The molecule has 142 valence electrons. The molecule has 8 heteroatoms. The van der Waals surface area contributed by atoms with Crippen molar-refractivity contribution in [2.24, 2.45) is 0 Å². The van der Waals surface area contributed by atoms with Gasteiger partial charge in [0, 0.05) is 12.1 Å². The standard InChI is InChI=1S/C20H18ClN5O2/c21-17-9-5-4-8-16(17)19(27)24-26-18-13-25(12-15(18)11-23-26)20(28)22-10-14-6-2-1-3-7-14/h1-9,11H,10,12-13H2,(H,22,28)(H,24,27). The minimum atomic E-state index is -0.358. The van der Waals surface area contributed by atoms with Gasteiger partial charge in [0.25, 0.3) is 5.91 Å². The number of amides is 3. The average Bonchev–Trinajstić information content (AvgIpc) is 3.29. The molecule has 1 aliphatic heterocycles. The summed E-state index contributed by atoms with van der Waals surface area (Å²) in [7, 11) is 0. The Morgan fingerprint density at radius 3 is 2.57 bits per heavy atom. The van der Waals surface area contributed by atoms with E-state index in [1.807, 2.05) is 30.3 Å². The first-order chi connectivity index (χ1) is 13.6. The molecule has 0 bridgehead atoms. The van der Waals surface area contributed by atoms with Gasteiger partial charge in [0.2, 0.25) is 0 Å². The third-order valence-electron chi connectivity index (χ3n) is 4.56. The summed E-state index contributed by atoms with van der Waals surface area (Å²) in [4.78, 5) is 28.0. The molecule has 0 saturated heterocycles. The van der Waals surface area contributed by atoms with Crippen LogP contribution in [0.4, 0.5) is 4.79 Å². The van der Waals surface area contributed by atoms with Gasteiger partial charge in [-0.2, -0.15) is 9.89 Å². The minimum Gasteiger partial charge on any atom is -0.334 e. The second-order valence-corrected chi connectivity index (χ2v) is 6.86. The van der Waals surface area contributed by atoms with Crippen LogP contribution in [0.1, 0.15) is 27.2 Å². The first-order valence-electron chi connectivity index (χ1n) is 8.80. The van der Waals surface area contributed by atoms with Gasteiger partial charge in [-0.15, -0.1) is 0 Å². The Morgan fingerprint density at radius 2 is 1.79 bits per heavy atom. The van der Waals surface area contributed by atoms with E-state index in [4.69, 9.17) is 11.6 Å². The molecule has 0 radical (unpaired) electrons. The largest absolute Gasteiger partial charge is 0.334 e. The molecule has 28 heavy (non-hydrogen) atoms. The van der Waals surface area contributed by atoms with Crippen molar-refractivity contribution >= 4 is 23.5 Å². The third kappa shape index (κ3) is 3.70. The van der Waals surface area contributed by atoms with Crippen molar-refractivity contribution in [1.82, 2.24) is 20.1 Å². The number of hydrogen-bond acceptors (Lipinski definition) is 3. The molecule has 2 heterocycles. The van der Waals surface area contributed by atoms with Gasteiger partial charge in [-0.25, -0.2) is 10.2 Å². The molecule has 0 aliphatic carbocycles. The summed E-state index contributed by atoms with van der Waals surface area (Å²) in [5.41, 5.74) is 5.79. The van der Waals surface area contributed by atoms with Crippen molar-refractivity contribution in [3.05, 3.63) is 88.2 Å². The summed E-state index contributed by atoms with van der Waals surface area (Å²) in [6.07, 6.45) is 1.66. The zero-order valence-electron chi connectivity index (χ0n) is 14.9. The number of benzene rings is 2. The van der Waals surface area contributed by atoms with Gasteiger partial charge in [0.1, 0.15) is 0 Å². The van der Waals surface area contributed by atoms with Crippen LogP contribution in [-0.2, 0) is 19.6 Å². The van der Waals surface area contributed by atoms with Crippen LogP contribution >= 0.6 is 11.6 Å². The minimum absolute atomic E-state index is 0.163. The quantitative estimate of drug-likeness (QED) is 0.712. The molecule has 0 spiro atoms. The number of hydrogen-bond donors (Lipinski definition) is 2. The molecule has 3 amide bonds. The number of nitrogens with one attached hydrogen (secondary N) is 2. The van der Waals surface area contributed by atoms with Crippen molar-refractivity contribution in [1.29, 1.82) is 0 Å². The molecule has 0 unspecified atom stereocenters. The highest BCUT2D eigenvalue weighted by Crippen LogP contribution is 2.22. The Labute approximate surface area is 166 Å². The molecule has 1 aromatic heterocycles. The SMILES string of the molecule is O=C(Nn1ncc2c1CN(C(=O)NCc1ccccc1)C2)c1ccccc1Cl. The maximum absolute atomic E-state index is 12.5. The molecule has 2 N–H and O–H groups in total. The van der Waals surface area contributed by atoms with E-state index in [0.717, 1.165) is 16.8 Å². The number of carbonyl (C=O) groups excluding carboxylic acids is 2. The number of fused-ring (bicyclic) bond motifs is 1. The number of aromatic nitrogens is 2. The molecule has 7 nitrogen and oxygen atoms in total. The number of halogens is 1. The molecule has 1 aliphatic rings. The van der Waals surface area contributed by atoms with E-state index in [1.165, 1.54) is 4.79 Å². The molecule has 0 atom stereocenters. The first kappa shape index (κ1) is 18.1. The maximum Gasteiger partial charge on any atom is 0.318 e. The van der Waals surface area contributed by atoms with Crippen molar-refractivity contribution < 1.29 is 9.59 Å². The van der Waals surface area contributed by atoms with Gasteiger partial charge >= 0.3 is 6.03 Å². The zero-order chi connectivity index (χ0) is 19.5. The van der Waals surface area contributed by atoms with E-state index < -0.39 is 0 Å². The first-order valence-corrected chi connectivity index (χ1v) is 9.18. The Morgan fingerprint density at radius 1 is 1.04 bits per heavy atom. The summed E-state index contributed by atoms with van der Waals surface area (Å²) in [6.45, 7) is 1.26. The highest BCUT2D eigenvalue weighted by atomic mass is 35.5. The molecule has 0 fully saturated rings. The summed E-state index contributed by atoms with van der Waals surface area (Å²) in [5, 5.41) is 7.48. The van der Waals surface area contributed by atoms with Crippen LogP contribution < -0.4 is 10.7 Å². The molecule has 2 aromatic carbocycles. The molecule has 0 saturated carbocycles. The van der Waals surface area contributed by atoms with Crippen molar-refractivity contribution in [2.75, 3.05) is 5.43 Å². The van der Waals surface area contributed by atoms with Gasteiger partial charge in [-0.1, -0.05) is 54.1 Å². The second-order valence-electron chi connectivity index (χ2n) is 6.45. The van der Waals surface area contributed by atoms with E-state index in [9.17, 15) is 9.59 Å². The number of nitrogens with zero attached hydrogens (tertiary/aromatic N) is 3. The lowest BCUT2D eigenvalue weighted by atomic mass is 10.2. The average molecular weight is 396 g/mol. The predicted octanol–water partition coefficient (Wildman–Crippen LogP) is 3.15. The third-order valence-corrected chi connectivity index (χ3v) is 4.89. The Hall–Kier alpha value is -3.32. The molecule has 4 rings (SSSR count). The van der Waals surface area contributed by atoms with Crippen LogP contribution in [0.15, 0.2) is 60.8 Å². The lowest BCUT2D eigenvalue weighted by Crippen LogP contribution is -2.36. The summed E-state index contributed by atoms with van der Waals surface area (Å²) in [6, 6.07) is 16.4. The topological polar surface area (TPSA) is 79.3 Å². The molecular weight excluding hydrogens is 378 g/mol. The normalized spacial score (nSPS) is 12.5. The van der Waals surface area contributed by atoms with Crippen LogP contribution in [-0.4, -0.2) is 26.7 Å². The highest BCUT2D eigenvalue weighted by Gasteiger charge is 2.28. The van der Waals surface area contributed by atoms with E-state index in [-0.39, 0.29) is 11.9 Å². The van der Waals surface area contributed by atoms with Gasteiger partial charge in [-0.05, 0) is 17.7 Å². The van der Waals surface area contributed by atoms with Crippen molar-refractivity contribution in [3.8, 4) is 0 Å². The number of urea groups is 1. The van der Waals surface area contributed by atoms with Crippen LogP contribution in [0.2, 0.25) is 5.02 Å². The molecular formula is C20H18ClN5O2. The van der Waals surface area contributed by atoms with E-state index in [0.29, 0.717) is 30.2 Å². The van der Waals surface area contributed by atoms with E-state index in [2.05, 4.69) is 15.8 Å². The van der Waals surface area contributed by atoms with Gasteiger partial charge in [-0.3, -0.25) is 4.79 Å². The zero-order valence-corrected chi connectivity index (χ0v) is 15.7. The van der Waals surface area contributed by atoms with E-state index in [1.54, 1.807) is 35.4 Å². The number of rotatable bonds is 4. The number of carbonyl (C=O) groups is 2. The Balaban J connectivity index is 1.39. The van der Waals surface area contributed by atoms with Crippen molar-refractivity contribution in [2.45, 2.75) is 19.6 Å².